The van der Waals surface area contributed by atoms with Crippen LogP contribution in [0.2, 0.25) is 5.02 Å². The summed E-state index contributed by atoms with van der Waals surface area (Å²) in [7, 11) is 0. The molecule has 1 atom stereocenters. The third kappa shape index (κ3) is 2.86. The number of hydrogen-bond acceptors (Lipinski definition) is 5. The van der Waals surface area contributed by atoms with Crippen molar-refractivity contribution in [3.63, 3.8) is 0 Å². The number of tetrazole rings is 1. The number of halogens is 1. The number of carbonyl (C=O) groups excluding carboxylic acids is 1. The highest BCUT2D eigenvalue weighted by atomic mass is 35.5. The molecule has 104 valence electrons. The number of Topliss-reactive ketones (excluding diaryl/α,β-unsaturated/α-hetero) is 1. The molecule has 20 heavy (non-hydrogen) atoms. The van der Waals surface area contributed by atoms with Crippen molar-refractivity contribution >= 4 is 29.1 Å². The van der Waals surface area contributed by atoms with Crippen LogP contribution >= 0.6 is 23.4 Å². The number of benzene rings is 1. The van der Waals surface area contributed by atoms with E-state index in [-0.39, 0.29) is 11.0 Å². The fraction of sp³-hybridized carbons (Fsp3) is 0.385. The maximum absolute atomic E-state index is 12.3. The first kappa shape index (κ1) is 13.6. The lowest BCUT2D eigenvalue weighted by molar-refractivity contribution is 0.0994. The second-order valence-corrected chi connectivity index (χ2v) is 6.51. The van der Waals surface area contributed by atoms with E-state index in [9.17, 15) is 4.79 Å². The second-order valence-electron chi connectivity index (χ2n) is 4.77. The van der Waals surface area contributed by atoms with E-state index < -0.39 is 0 Å². The molecule has 0 bridgehead atoms. The van der Waals surface area contributed by atoms with Gasteiger partial charge in [-0.05, 0) is 54.5 Å². The van der Waals surface area contributed by atoms with Gasteiger partial charge in [0.05, 0.1) is 11.3 Å². The number of hydrogen-bond donors (Lipinski definition) is 0. The summed E-state index contributed by atoms with van der Waals surface area (Å²) in [6, 6.07) is 7.34. The van der Waals surface area contributed by atoms with Crippen LogP contribution in [-0.2, 0) is 0 Å². The van der Waals surface area contributed by atoms with Crippen molar-refractivity contribution in [1.82, 2.24) is 20.2 Å². The minimum absolute atomic E-state index is 0.0528. The van der Waals surface area contributed by atoms with E-state index in [1.807, 2.05) is 11.6 Å². The number of ketones is 1. The van der Waals surface area contributed by atoms with Gasteiger partial charge in [0.2, 0.25) is 5.16 Å². The van der Waals surface area contributed by atoms with Gasteiger partial charge in [-0.2, -0.15) is 0 Å². The Balaban J connectivity index is 1.72. The summed E-state index contributed by atoms with van der Waals surface area (Å²) in [5, 5.41) is 12.8. The molecule has 0 saturated heterocycles. The Morgan fingerprint density at radius 2 is 2.10 bits per heavy atom. The van der Waals surface area contributed by atoms with Crippen LogP contribution in [0.25, 0.3) is 0 Å². The molecule has 0 N–H and O–H groups in total. The van der Waals surface area contributed by atoms with Crippen molar-refractivity contribution in [2.24, 2.45) is 0 Å². The van der Waals surface area contributed by atoms with Crippen LogP contribution in [0.1, 0.15) is 36.2 Å². The first-order valence-electron chi connectivity index (χ1n) is 6.39. The molecule has 1 aliphatic rings. The summed E-state index contributed by atoms with van der Waals surface area (Å²) >= 11 is 7.22. The third-order valence-corrected chi connectivity index (χ3v) is 4.43. The molecule has 1 saturated carbocycles. The predicted molar refractivity (Wildman–Crippen MR) is 77.2 cm³/mol. The van der Waals surface area contributed by atoms with Crippen LogP contribution in [0.3, 0.4) is 0 Å². The Morgan fingerprint density at radius 3 is 2.75 bits per heavy atom. The van der Waals surface area contributed by atoms with E-state index in [0.717, 1.165) is 12.8 Å². The van der Waals surface area contributed by atoms with Crippen molar-refractivity contribution in [2.75, 3.05) is 0 Å². The third-order valence-electron chi connectivity index (χ3n) is 3.14. The number of aromatic nitrogens is 4. The van der Waals surface area contributed by atoms with Gasteiger partial charge in [0.1, 0.15) is 0 Å². The Hall–Kier alpha value is -1.40. The highest BCUT2D eigenvalue weighted by Gasteiger charge is 2.29. The molecular weight excluding hydrogens is 296 g/mol. The Kier molecular flexibility index (Phi) is 3.76. The lowest BCUT2D eigenvalue weighted by Crippen LogP contribution is -2.14. The zero-order valence-electron chi connectivity index (χ0n) is 10.9. The first-order valence-corrected chi connectivity index (χ1v) is 7.65. The molecule has 5 nitrogen and oxygen atoms in total. The van der Waals surface area contributed by atoms with Gasteiger partial charge in [-0.25, -0.2) is 4.68 Å². The quantitative estimate of drug-likeness (QED) is 0.627. The Labute approximate surface area is 125 Å². The first-order chi connectivity index (χ1) is 9.65. The summed E-state index contributed by atoms with van der Waals surface area (Å²) < 4.78 is 1.82. The molecule has 0 radical (unpaired) electrons. The van der Waals surface area contributed by atoms with Crippen LogP contribution in [0.15, 0.2) is 29.4 Å². The van der Waals surface area contributed by atoms with Crippen molar-refractivity contribution in [2.45, 2.75) is 36.2 Å². The smallest absolute Gasteiger partial charge is 0.210 e. The minimum Gasteiger partial charge on any atom is -0.293 e. The number of carbonyl (C=O) groups is 1. The summed E-state index contributed by atoms with van der Waals surface area (Å²) in [6.07, 6.45) is 2.22. The Bertz CT molecular complexity index is 624. The topological polar surface area (TPSA) is 60.7 Å². The molecule has 7 heteroatoms. The molecule has 1 fully saturated rings. The van der Waals surface area contributed by atoms with Gasteiger partial charge >= 0.3 is 0 Å². The van der Waals surface area contributed by atoms with Gasteiger partial charge in [-0.3, -0.25) is 4.79 Å². The van der Waals surface area contributed by atoms with Crippen LogP contribution in [0.4, 0.5) is 0 Å². The largest absolute Gasteiger partial charge is 0.293 e. The SMILES string of the molecule is C[C@@H](Sc1nnnn1C1CC1)C(=O)c1ccc(Cl)cc1. The standard InChI is InChI=1S/C13H13ClN4OS/c1-8(12(19)9-2-4-10(14)5-3-9)20-13-15-16-17-18(13)11-6-7-11/h2-5,8,11H,6-7H2,1H3/t8-/m1/s1. The summed E-state index contributed by atoms with van der Waals surface area (Å²) in [5.74, 6) is 0.0528. The van der Waals surface area contributed by atoms with Crippen molar-refractivity contribution in [3.05, 3.63) is 34.9 Å². The van der Waals surface area contributed by atoms with Gasteiger partial charge in [0, 0.05) is 10.6 Å². The molecule has 2 aromatic rings. The van der Waals surface area contributed by atoms with Crippen molar-refractivity contribution in [1.29, 1.82) is 0 Å². The molecule has 1 aromatic carbocycles. The summed E-state index contributed by atoms with van der Waals surface area (Å²) in [4.78, 5) is 12.3. The maximum Gasteiger partial charge on any atom is 0.210 e. The molecule has 0 unspecified atom stereocenters. The summed E-state index contributed by atoms with van der Waals surface area (Å²) in [6.45, 7) is 1.87. The van der Waals surface area contributed by atoms with E-state index in [1.54, 1.807) is 24.3 Å². The molecule has 0 aliphatic heterocycles. The lowest BCUT2D eigenvalue weighted by atomic mass is 10.1. The monoisotopic (exact) mass is 308 g/mol. The molecule has 1 aromatic heterocycles. The highest BCUT2D eigenvalue weighted by molar-refractivity contribution is 8.00. The van der Waals surface area contributed by atoms with Gasteiger partial charge in [0.25, 0.3) is 0 Å². The lowest BCUT2D eigenvalue weighted by Gasteiger charge is -2.09. The fourth-order valence-corrected chi connectivity index (χ4v) is 2.93. The van der Waals surface area contributed by atoms with Crippen LogP contribution in [-0.4, -0.2) is 31.2 Å². The highest BCUT2D eigenvalue weighted by Crippen LogP contribution is 2.37. The number of rotatable bonds is 5. The number of thioether (sulfide) groups is 1. The van der Waals surface area contributed by atoms with Gasteiger partial charge in [0.15, 0.2) is 5.78 Å². The fourth-order valence-electron chi connectivity index (χ4n) is 1.87. The Morgan fingerprint density at radius 1 is 1.40 bits per heavy atom. The minimum atomic E-state index is -0.236. The average molecular weight is 309 g/mol. The van der Waals surface area contributed by atoms with E-state index in [2.05, 4.69) is 15.5 Å². The van der Waals surface area contributed by atoms with E-state index in [1.165, 1.54) is 11.8 Å². The van der Waals surface area contributed by atoms with Gasteiger partial charge in [-0.1, -0.05) is 23.4 Å². The summed E-state index contributed by atoms with van der Waals surface area (Å²) in [5.41, 5.74) is 0.653. The molecular formula is C13H13ClN4OS. The normalized spacial score (nSPS) is 16.1. The predicted octanol–water partition coefficient (Wildman–Crippen LogP) is 3.02. The molecule has 0 amide bonds. The average Bonchev–Trinajstić information content (AvgIpc) is 3.19. The van der Waals surface area contributed by atoms with Crippen molar-refractivity contribution < 1.29 is 4.79 Å². The zero-order valence-corrected chi connectivity index (χ0v) is 12.4. The van der Waals surface area contributed by atoms with Crippen LogP contribution < -0.4 is 0 Å². The maximum atomic E-state index is 12.3. The second kappa shape index (κ2) is 5.54. The van der Waals surface area contributed by atoms with Gasteiger partial charge in [-0.15, -0.1) is 5.10 Å². The van der Waals surface area contributed by atoms with Crippen LogP contribution in [0.5, 0.6) is 0 Å². The molecule has 1 heterocycles. The van der Waals surface area contributed by atoms with Crippen molar-refractivity contribution in [3.8, 4) is 0 Å². The molecule has 1 aliphatic carbocycles. The zero-order chi connectivity index (χ0) is 14.1. The molecule has 0 spiro atoms. The van der Waals surface area contributed by atoms with E-state index in [0.29, 0.717) is 21.8 Å². The van der Waals surface area contributed by atoms with Gasteiger partial charge < -0.3 is 0 Å². The number of nitrogens with zero attached hydrogens (tertiary/aromatic N) is 4. The van der Waals surface area contributed by atoms with E-state index >= 15 is 0 Å². The van der Waals surface area contributed by atoms with Crippen LogP contribution in [0, 0.1) is 0 Å². The van der Waals surface area contributed by atoms with E-state index in [4.69, 9.17) is 11.6 Å². The molecule has 3 rings (SSSR count).